The van der Waals surface area contributed by atoms with Gasteiger partial charge in [-0.25, -0.2) is 9.18 Å². The zero-order chi connectivity index (χ0) is 23.8. The summed E-state index contributed by atoms with van der Waals surface area (Å²) in [6.45, 7) is 2.00. The molecule has 1 atom stereocenters. The number of anilines is 1. The summed E-state index contributed by atoms with van der Waals surface area (Å²) in [7, 11) is 0. The molecule has 1 N–H and O–H groups in total. The van der Waals surface area contributed by atoms with Crippen LogP contribution in [0, 0.1) is 17.6 Å². The number of aromatic nitrogens is 1. The Morgan fingerprint density at radius 3 is 2.68 bits per heavy atom. The summed E-state index contributed by atoms with van der Waals surface area (Å²) in [5, 5.41) is 5.01. The highest BCUT2D eigenvalue weighted by Gasteiger charge is 2.26. The summed E-state index contributed by atoms with van der Waals surface area (Å²) in [5.41, 5.74) is 1.40. The van der Waals surface area contributed by atoms with E-state index in [0.29, 0.717) is 22.2 Å². The van der Waals surface area contributed by atoms with Gasteiger partial charge in [-0.2, -0.15) is 4.39 Å². The van der Waals surface area contributed by atoms with Crippen molar-refractivity contribution in [2.45, 2.75) is 51.0 Å². The maximum absolute atomic E-state index is 14.6. The van der Waals surface area contributed by atoms with Crippen molar-refractivity contribution in [3.8, 4) is 0 Å². The van der Waals surface area contributed by atoms with Crippen LogP contribution in [0.25, 0.3) is 21.9 Å². The van der Waals surface area contributed by atoms with Gasteiger partial charge in [0.1, 0.15) is 11.4 Å². The highest BCUT2D eigenvalue weighted by Crippen LogP contribution is 2.40. The van der Waals surface area contributed by atoms with Crippen LogP contribution in [-0.4, -0.2) is 11.0 Å². The molecule has 34 heavy (non-hydrogen) atoms. The molecule has 176 valence electrons. The van der Waals surface area contributed by atoms with E-state index in [-0.39, 0.29) is 23.1 Å². The van der Waals surface area contributed by atoms with Crippen molar-refractivity contribution >= 4 is 39.2 Å². The van der Waals surface area contributed by atoms with Crippen molar-refractivity contribution in [2.24, 2.45) is 5.92 Å². The molecule has 1 fully saturated rings. The zero-order valence-electron chi connectivity index (χ0n) is 18.8. The van der Waals surface area contributed by atoms with Gasteiger partial charge in [-0.1, -0.05) is 11.6 Å². The molecule has 0 spiro atoms. The van der Waals surface area contributed by atoms with Crippen LogP contribution in [0.1, 0.15) is 50.5 Å². The summed E-state index contributed by atoms with van der Waals surface area (Å²) < 4.78 is 33.5. The highest BCUT2D eigenvalue weighted by atomic mass is 35.5. The first-order chi connectivity index (χ1) is 16.4. The van der Waals surface area contributed by atoms with Crippen LogP contribution >= 0.6 is 11.6 Å². The molecule has 1 saturated carbocycles. The number of nitrogens with one attached hydrogen (secondary N) is 1. The maximum Gasteiger partial charge on any atom is 0.374 e. The SMILES string of the molecule is CC(C[C@H]1CC[C@H](c2ccnc3ccc(F)cc32)CC1)Nc1c(F)c(=O)oc2cc(Cl)ccc12. The highest BCUT2D eigenvalue weighted by molar-refractivity contribution is 6.31. The second kappa shape index (κ2) is 9.34. The topological polar surface area (TPSA) is 55.1 Å². The van der Waals surface area contributed by atoms with E-state index in [2.05, 4.69) is 10.3 Å². The van der Waals surface area contributed by atoms with E-state index in [4.69, 9.17) is 16.0 Å². The lowest BCUT2D eigenvalue weighted by molar-refractivity contribution is 0.302. The molecule has 1 aliphatic rings. The second-order valence-electron chi connectivity index (χ2n) is 9.28. The monoisotopic (exact) mass is 482 g/mol. The van der Waals surface area contributed by atoms with Gasteiger partial charge in [0.15, 0.2) is 0 Å². The number of halogens is 3. The first-order valence-corrected chi connectivity index (χ1v) is 12.0. The lowest BCUT2D eigenvalue weighted by atomic mass is 9.76. The standard InChI is InChI=1S/C27H25ClF2N2O2/c1-15(32-26-21-8-6-18(28)13-24(21)34-27(33)25(26)30)12-16-2-4-17(5-3-16)20-10-11-31-23-9-7-19(29)14-22(20)23/h6-11,13-17,32H,2-5,12H2,1H3/t15?,16-,17-. The molecule has 0 radical (unpaired) electrons. The third-order valence-corrected chi connectivity index (χ3v) is 7.15. The van der Waals surface area contributed by atoms with Crippen LogP contribution in [0.2, 0.25) is 5.02 Å². The molecular formula is C27H25ClF2N2O2. The van der Waals surface area contributed by atoms with Crippen molar-refractivity contribution in [2.75, 3.05) is 5.32 Å². The van der Waals surface area contributed by atoms with Crippen LogP contribution in [0.5, 0.6) is 0 Å². The predicted molar refractivity (Wildman–Crippen MR) is 132 cm³/mol. The Morgan fingerprint density at radius 2 is 1.88 bits per heavy atom. The van der Waals surface area contributed by atoms with Gasteiger partial charge < -0.3 is 9.73 Å². The average Bonchev–Trinajstić information content (AvgIpc) is 2.82. The first kappa shape index (κ1) is 22.8. The van der Waals surface area contributed by atoms with Gasteiger partial charge in [-0.15, -0.1) is 0 Å². The van der Waals surface area contributed by atoms with E-state index in [9.17, 15) is 13.6 Å². The van der Waals surface area contributed by atoms with Gasteiger partial charge >= 0.3 is 5.63 Å². The Hall–Kier alpha value is -2.99. The molecule has 2 aromatic heterocycles. The van der Waals surface area contributed by atoms with Gasteiger partial charge in [0.2, 0.25) is 5.82 Å². The van der Waals surface area contributed by atoms with Gasteiger partial charge in [0.05, 0.1) is 11.2 Å². The summed E-state index contributed by atoms with van der Waals surface area (Å²) >= 11 is 6.00. The Balaban J connectivity index is 1.27. The maximum atomic E-state index is 14.6. The summed E-state index contributed by atoms with van der Waals surface area (Å²) in [4.78, 5) is 16.3. The number of hydrogen-bond acceptors (Lipinski definition) is 4. The number of benzene rings is 2. The van der Waals surface area contributed by atoms with Crippen molar-refractivity contribution in [1.82, 2.24) is 4.98 Å². The Kier molecular flexibility index (Phi) is 6.26. The molecule has 0 saturated heterocycles. The van der Waals surface area contributed by atoms with E-state index >= 15 is 0 Å². The predicted octanol–water partition coefficient (Wildman–Crippen LogP) is 7.44. The third-order valence-electron chi connectivity index (χ3n) is 6.92. The minimum absolute atomic E-state index is 0.0346. The molecular weight excluding hydrogens is 458 g/mol. The van der Waals surface area contributed by atoms with Gasteiger partial charge in [0, 0.05) is 34.1 Å². The largest absolute Gasteiger partial charge is 0.420 e. The van der Waals surface area contributed by atoms with Gasteiger partial charge in [0.25, 0.3) is 0 Å². The zero-order valence-corrected chi connectivity index (χ0v) is 19.5. The van der Waals surface area contributed by atoms with E-state index in [1.54, 1.807) is 30.5 Å². The van der Waals surface area contributed by atoms with Crippen LogP contribution in [0.4, 0.5) is 14.5 Å². The summed E-state index contributed by atoms with van der Waals surface area (Å²) in [6.07, 6.45) is 6.75. The smallest absolute Gasteiger partial charge is 0.374 e. The second-order valence-corrected chi connectivity index (χ2v) is 9.72. The summed E-state index contributed by atoms with van der Waals surface area (Å²) in [5.74, 6) is -0.307. The molecule has 4 nitrogen and oxygen atoms in total. The fraction of sp³-hybridized carbons (Fsp3) is 0.333. The lowest BCUT2D eigenvalue weighted by Gasteiger charge is -2.31. The average molecular weight is 483 g/mol. The van der Waals surface area contributed by atoms with Crippen LogP contribution in [0.15, 0.2) is 57.9 Å². The van der Waals surface area contributed by atoms with Crippen LogP contribution in [0.3, 0.4) is 0 Å². The van der Waals surface area contributed by atoms with Crippen LogP contribution < -0.4 is 10.9 Å². The third kappa shape index (κ3) is 4.51. The number of fused-ring (bicyclic) bond motifs is 2. The van der Waals surface area contributed by atoms with E-state index in [1.807, 2.05) is 13.0 Å². The Labute approximate surface area is 201 Å². The summed E-state index contributed by atoms with van der Waals surface area (Å²) in [6, 6.07) is 11.6. The van der Waals surface area contributed by atoms with Gasteiger partial charge in [-0.3, -0.25) is 4.98 Å². The molecule has 2 heterocycles. The number of nitrogens with zero attached hydrogens (tertiary/aromatic N) is 1. The normalized spacial score (nSPS) is 19.4. The van der Waals surface area contributed by atoms with E-state index in [0.717, 1.165) is 48.6 Å². The molecule has 7 heteroatoms. The fourth-order valence-electron chi connectivity index (χ4n) is 5.30. The van der Waals surface area contributed by atoms with Crippen LogP contribution in [-0.2, 0) is 0 Å². The van der Waals surface area contributed by atoms with Crippen molar-refractivity contribution in [1.29, 1.82) is 0 Å². The number of pyridine rings is 1. The van der Waals surface area contributed by atoms with Crippen molar-refractivity contribution < 1.29 is 13.2 Å². The molecule has 4 aromatic rings. The molecule has 5 rings (SSSR count). The number of hydrogen-bond donors (Lipinski definition) is 1. The molecule has 2 aromatic carbocycles. The molecule has 0 aliphatic heterocycles. The molecule has 0 bridgehead atoms. The Bertz CT molecular complexity index is 1410. The minimum atomic E-state index is -1.01. The molecule has 0 amide bonds. The van der Waals surface area contributed by atoms with Gasteiger partial charge in [-0.05, 0) is 92.8 Å². The molecule has 1 aliphatic carbocycles. The Morgan fingerprint density at radius 1 is 1.09 bits per heavy atom. The number of rotatable bonds is 5. The quantitative estimate of drug-likeness (QED) is 0.300. The first-order valence-electron chi connectivity index (χ1n) is 11.6. The van der Waals surface area contributed by atoms with Crippen molar-refractivity contribution in [3.63, 3.8) is 0 Å². The molecule has 1 unspecified atom stereocenters. The van der Waals surface area contributed by atoms with E-state index < -0.39 is 11.4 Å². The lowest BCUT2D eigenvalue weighted by Crippen LogP contribution is -2.24. The van der Waals surface area contributed by atoms with E-state index in [1.165, 1.54) is 12.1 Å². The minimum Gasteiger partial charge on any atom is -0.420 e. The van der Waals surface area contributed by atoms with Crippen molar-refractivity contribution in [3.05, 3.63) is 81.3 Å². The fourth-order valence-corrected chi connectivity index (χ4v) is 5.47.